The van der Waals surface area contributed by atoms with Crippen molar-refractivity contribution in [3.63, 3.8) is 0 Å². The zero-order valence-corrected chi connectivity index (χ0v) is 13.9. The molecule has 0 bridgehead atoms. The highest BCUT2D eigenvalue weighted by Gasteiger charge is 2.15. The number of hydrogen-bond donors (Lipinski definition) is 0. The van der Waals surface area contributed by atoms with Crippen LogP contribution in [0.25, 0.3) is 0 Å². The van der Waals surface area contributed by atoms with Crippen molar-refractivity contribution < 1.29 is 23.0 Å². The molecular formula is C19H19F2NO3. The maximum absolute atomic E-state index is 12.4. The quantitative estimate of drug-likeness (QED) is 0.804. The number of halogens is 2. The molecule has 0 radical (unpaired) electrons. The number of carbonyl (C=O) groups is 1. The summed E-state index contributed by atoms with van der Waals surface area (Å²) in [5.74, 6) is 0.996. The fourth-order valence-corrected chi connectivity index (χ4v) is 2.80. The van der Waals surface area contributed by atoms with E-state index in [1.807, 2.05) is 18.2 Å². The first kappa shape index (κ1) is 17.2. The van der Waals surface area contributed by atoms with Gasteiger partial charge in [0, 0.05) is 20.0 Å². The van der Waals surface area contributed by atoms with E-state index >= 15 is 0 Å². The molecule has 1 heterocycles. The molecule has 3 rings (SSSR count). The number of rotatable bonds is 6. The van der Waals surface area contributed by atoms with Crippen molar-refractivity contribution in [2.45, 2.75) is 26.0 Å². The van der Waals surface area contributed by atoms with Crippen molar-refractivity contribution in [2.24, 2.45) is 0 Å². The number of carbonyl (C=O) groups excluding carboxylic acids is 1. The first-order valence-electron chi connectivity index (χ1n) is 8.03. The second kappa shape index (κ2) is 7.51. The molecule has 0 spiro atoms. The van der Waals surface area contributed by atoms with Gasteiger partial charge in [0.05, 0.1) is 13.0 Å². The summed E-state index contributed by atoms with van der Waals surface area (Å²) in [6, 6.07) is 12.1. The number of ether oxygens (including phenoxy) is 2. The number of amides is 1. The number of hydrogen-bond acceptors (Lipinski definition) is 3. The Labute approximate surface area is 145 Å². The van der Waals surface area contributed by atoms with E-state index in [1.54, 1.807) is 24.1 Å². The van der Waals surface area contributed by atoms with Crippen molar-refractivity contribution in [3.8, 4) is 11.5 Å². The minimum atomic E-state index is -2.84. The normalized spacial score (nSPS) is 12.6. The van der Waals surface area contributed by atoms with Gasteiger partial charge < -0.3 is 14.4 Å². The maximum Gasteiger partial charge on any atom is 0.387 e. The predicted octanol–water partition coefficient (Wildman–Crippen LogP) is 3.42. The molecule has 2 aromatic rings. The van der Waals surface area contributed by atoms with Gasteiger partial charge in [0.25, 0.3) is 0 Å². The third-order valence-corrected chi connectivity index (χ3v) is 4.10. The smallest absolute Gasteiger partial charge is 0.387 e. The molecular weight excluding hydrogens is 328 g/mol. The first-order chi connectivity index (χ1) is 12.0. The first-order valence-corrected chi connectivity index (χ1v) is 8.03. The minimum absolute atomic E-state index is 0.00762. The summed E-state index contributed by atoms with van der Waals surface area (Å²) in [4.78, 5) is 14.0. The molecule has 0 aromatic heterocycles. The highest BCUT2D eigenvalue weighted by molar-refractivity contribution is 5.78. The fourth-order valence-electron chi connectivity index (χ4n) is 2.80. The molecule has 1 aliphatic rings. The van der Waals surface area contributed by atoms with E-state index < -0.39 is 6.61 Å². The minimum Gasteiger partial charge on any atom is -0.493 e. The van der Waals surface area contributed by atoms with Crippen LogP contribution in [-0.4, -0.2) is 31.1 Å². The molecule has 1 aliphatic heterocycles. The zero-order valence-electron chi connectivity index (χ0n) is 13.9. The second-order valence-corrected chi connectivity index (χ2v) is 5.99. The van der Waals surface area contributed by atoms with Crippen molar-refractivity contribution in [1.29, 1.82) is 0 Å². The van der Waals surface area contributed by atoms with E-state index in [4.69, 9.17) is 4.74 Å². The van der Waals surface area contributed by atoms with Crippen LogP contribution >= 0.6 is 0 Å². The van der Waals surface area contributed by atoms with Crippen LogP contribution in [0.15, 0.2) is 42.5 Å². The van der Waals surface area contributed by atoms with E-state index in [2.05, 4.69) is 4.74 Å². The Morgan fingerprint density at radius 1 is 1.20 bits per heavy atom. The monoisotopic (exact) mass is 347 g/mol. The van der Waals surface area contributed by atoms with Crippen molar-refractivity contribution in [2.75, 3.05) is 13.7 Å². The summed E-state index contributed by atoms with van der Waals surface area (Å²) in [5.41, 5.74) is 2.95. The zero-order chi connectivity index (χ0) is 17.8. The van der Waals surface area contributed by atoms with Crippen LogP contribution in [0.4, 0.5) is 8.78 Å². The Hall–Kier alpha value is -2.63. The number of alkyl halides is 2. The van der Waals surface area contributed by atoms with Crippen LogP contribution in [-0.2, 0) is 24.2 Å². The van der Waals surface area contributed by atoms with Gasteiger partial charge in [-0.2, -0.15) is 8.78 Å². The van der Waals surface area contributed by atoms with Gasteiger partial charge in [0.2, 0.25) is 5.91 Å². The van der Waals surface area contributed by atoms with Crippen LogP contribution in [0.1, 0.15) is 16.7 Å². The summed E-state index contributed by atoms with van der Waals surface area (Å²) in [7, 11) is 1.72. The Morgan fingerprint density at radius 3 is 2.64 bits per heavy atom. The molecule has 0 N–H and O–H groups in total. The lowest BCUT2D eigenvalue weighted by Crippen LogP contribution is -2.27. The van der Waals surface area contributed by atoms with Crippen LogP contribution in [0.2, 0.25) is 0 Å². The lowest BCUT2D eigenvalue weighted by Gasteiger charge is -2.18. The molecule has 25 heavy (non-hydrogen) atoms. The van der Waals surface area contributed by atoms with E-state index in [0.29, 0.717) is 19.6 Å². The fraction of sp³-hybridized carbons (Fsp3) is 0.316. The number of likely N-dealkylation sites (N-methyl/N-ethyl adjacent to an activating group) is 1. The summed E-state index contributed by atoms with van der Waals surface area (Å²) in [6.07, 6.45) is 1.19. The van der Waals surface area contributed by atoms with Gasteiger partial charge >= 0.3 is 6.61 Å². The van der Waals surface area contributed by atoms with Gasteiger partial charge in [-0.05, 0) is 34.9 Å². The van der Waals surface area contributed by atoms with Crippen molar-refractivity contribution in [3.05, 3.63) is 59.2 Å². The molecule has 132 valence electrons. The second-order valence-electron chi connectivity index (χ2n) is 5.99. The lowest BCUT2D eigenvalue weighted by atomic mass is 10.1. The molecule has 2 aromatic carbocycles. The molecule has 0 atom stereocenters. The topological polar surface area (TPSA) is 38.8 Å². The van der Waals surface area contributed by atoms with Gasteiger partial charge in [-0.25, -0.2) is 0 Å². The Kier molecular flexibility index (Phi) is 5.16. The third-order valence-electron chi connectivity index (χ3n) is 4.10. The molecule has 0 saturated heterocycles. The van der Waals surface area contributed by atoms with Gasteiger partial charge in [-0.3, -0.25) is 4.79 Å². The molecule has 6 heteroatoms. The molecule has 4 nitrogen and oxygen atoms in total. The summed E-state index contributed by atoms with van der Waals surface area (Å²) in [5, 5.41) is 0. The lowest BCUT2D eigenvalue weighted by molar-refractivity contribution is -0.129. The number of nitrogens with zero attached hydrogens (tertiary/aromatic N) is 1. The SMILES string of the molecule is CN(Cc1ccc(OC(F)F)cc1)C(=O)Cc1ccc2c(c1)CCO2. The standard InChI is InChI=1S/C19H19F2NO3/c1-22(12-13-2-5-16(6-3-13)25-19(20)21)18(23)11-14-4-7-17-15(10-14)8-9-24-17/h2-7,10,19H,8-9,11-12H2,1H3. The van der Waals surface area contributed by atoms with E-state index in [0.717, 1.165) is 28.9 Å². The van der Waals surface area contributed by atoms with Crippen LogP contribution in [0, 0.1) is 0 Å². The summed E-state index contributed by atoms with van der Waals surface area (Å²) >= 11 is 0. The van der Waals surface area contributed by atoms with Crippen LogP contribution < -0.4 is 9.47 Å². The van der Waals surface area contributed by atoms with Crippen molar-refractivity contribution in [1.82, 2.24) is 4.90 Å². The average Bonchev–Trinajstić information content (AvgIpc) is 3.03. The van der Waals surface area contributed by atoms with Crippen LogP contribution in [0.3, 0.4) is 0 Å². The number of fused-ring (bicyclic) bond motifs is 1. The Balaban J connectivity index is 1.57. The van der Waals surface area contributed by atoms with E-state index in [-0.39, 0.29) is 11.7 Å². The largest absolute Gasteiger partial charge is 0.493 e. The predicted molar refractivity (Wildman–Crippen MR) is 88.9 cm³/mol. The third kappa shape index (κ3) is 4.47. The highest BCUT2D eigenvalue weighted by atomic mass is 19.3. The maximum atomic E-state index is 12.4. The summed E-state index contributed by atoms with van der Waals surface area (Å²) < 4.78 is 34.1. The molecule has 0 fully saturated rings. The van der Waals surface area contributed by atoms with Gasteiger partial charge in [0.15, 0.2) is 0 Å². The van der Waals surface area contributed by atoms with Gasteiger partial charge in [0.1, 0.15) is 11.5 Å². The average molecular weight is 347 g/mol. The van der Waals surface area contributed by atoms with Gasteiger partial charge in [-0.15, -0.1) is 0 Å². The Bertz CT molecular complexity index is 747. The Morgan fingerprint density at radius 2 is 1.92 bits per heavy atom. The van der Waals surface area contributed by atoms with Gasteiger partial charge in [-0.1, -0.05) is 24.3 Å². The van der Waals surface area contributed by atoms with Crippen LogP contribution in [0.5, 0.6) is 11.5 Å². The van der Waals surface area contributed by atoms with E-state index in [1.165, 1.54) is 12.1 Å². The molecule has 1 amide bonds. The molecule has 0 unspecified atom stereocenters. The highest BCUT2D eigenvalue weighted by Crippen LogP contribution is 2.26. The number of benzene rings is 2. The van der Waals surface area contributed by atoms with Crippen molar-refractivity contribution >= 4 is 5.91 Å². The molecule has 0 saturated carbocycles. The molecule has 0 aliphatic carbocycles. The van der Waals surface area contributed by atoms with E-state index in [9.17, 15) is 13.6 Å². The summed E-state index contributed by atoms with van der Waals surface area (Å²) in [6.45, 7) is -1.74.